The number of aryl methyl sites for hydroxylation is 3. The molecule has 1 aromatic heterocycles. The Kier molecular flexibility index (Phi) is 4.37. The van der Waals surface area contributed by atoms with Crippen molar-refractivity contribution in [2.45, 2.75) is 33.6 Å². The quantitative estimate of drug-likeness (QED) is 0.904. The Balaban J connectivity index is 2.50. The zero-order chi connectivity index (χ0) is 14.5. The lowest BCUT2D eigenvalue weighted by molar-refractivity contribution is 1.08. The number of hydrogen-bond donors (Lipinski definition) is 1. The van der Waals surface area contributed by atoms with Gasteiger partial charge in [0.15, 0.2) is 0 Å². The molecule has 0 radical (unpaired) electrons. The van der Waals surface area contributed by atoms with E-state index in [1.807, 2.05) is 13.0 Å². The van der Waals surface area contributed by atoms with Crippen LogP contribution in [-0.4, -0.2) is 4.98 Å². The summed E-state index contributed by atoms with van der Waals surface area (Å²) >= 11 is 0. The van der Waals surface area contributed by atoms with Crippen molar-refractivity contribution in [3.63, 3.8) is 0 Å². The van der Waals surface area contributed by atoms with Gasteiger partial charge in [-0.05, 0) is 42.5 Å². The topological polar surface area (TPSA) is 48.7 Å². The van der Waals surface area contributed by atoms with Gasteiger partial charge in [-0.3, -0.25) is 0 Å². The standard InChI is InChI=1S/C17H19N3/c1-4-13-7-6-8-14(5-2)16(13)20-17-15(11-18)12(3)9-10-19-17/h6-10H,4-5H2,1-3H3,(H,19,20). The molecule has 1 N–H and O–H groups in total. The fourth-order valence-electron chi connectivity index (χ4n) is 2.32. The van der Waals surface area contributed by atoms with Crippen LogP contribution in [0, 0.1) is 18.3 Å². The third-order valence-corrected chi connectivity index (χ3v) is 3.51. The summed E-state index contributed by atoms with van der Waals surface area (Å²) in [5.41, 5.74) is 5.14. The number of anilines is 2. The van der Waals surface area contributed by atoms with E-state index in [0.717, 1.165) is 24.1 Å². The lowest BCUT2D eigenvalue weighted by Gasteiger charge is -2.16. The van der Waals surface area contributed by atoms with E-state index >= 15 is 0 Å². The van der Waals surface area contributed by atoms with E-state index in [1.165, 1.54) is 11.1 Å². The molecule has 2 rings (SSSR count). The van der Waals surface area contributed by atoms with E-state index < -0.39 is 0 Å². The molecule has 0 atom stereocenters. The minimum atomic E-state index is 0.612. The van der Waals surface area contributed by atoms with Crippen LogP contribution in [0.4, 0.5) is 11.5 Å². The summed E-state index contributed by atoms with van der Waals surface area (Å²) in [7, 11) is 0. The number of nitrogens with one attached hydrogen (secondary N) is 1. The Morgan fingerprint density at radius 1 is 1.15 bits per heavy atom. The lowest BCUT2D eigenvalue weighted by Crippen LogP contribution is -2.04. The number of hydrogen-bond acceptors (Lipinski definition) is 3. The summed E-state index contributed by atoms with van der Waals surface area (Å²) in [4.78, 5) is 4.32. The summed E-state index contributed by atoms with van der Waals surface area (Å²) < 4.78 is 0. The molecule has 1 heterocycles. The predicted octanol–water partition coefficient (Wildman–Crippen LogP) is 4.13. The highest BCUT2D eigenvalue weighted by Gasteiger charge is 2.11. The van der Waals surface area contributed by atoms with Crippen LogP contribution >= 0.6 is 0 Å². The smallest absolute Gasteiger partial charge is 0.148 e. The van der Waals surface area contributed by atoms with Crippen molar-refractivity contribution in [2.75, 3.05) is 5.32 Å². The van der Waals surface area contributed by atoms with Gasteiger partial charge in [0.2, 0.25) is 0 Å². The molecule has 2 aromatic rings. The molecule has 0 bridgehead atoms. The third-order valence-electron chi connectivity index (χ3n) is 3.51. The Morgan fingerprint density at radius 2 is 1.80 bits per heavy atom. The van der Waals surface area contributed by atoms with Gasteiger partial charge >= 0.3 is 0 Å². The van der Waals surface area contributed by atoms with Crippen LogP contribution in [0.2, 0.25) is 0 Å². The molecule has 0 aliphatic carbocycles. The molecule has 0 saturated heterocycles. The molecule has 0 unspecified atom stereocenters. The molecule has 102 valence electrons. The summed E-state index contributed by atoms with van der Waals surface area (Å²) in [6, 6.07) is 10.4. The molecule has 0 aliphatic rings. The van der Waals surface area contributed by atoms with Crippen molar-refractivity contribution in [3.8, 4) is 6.07 Å². The predicted molar refractivity (Wildman–Crippen MR) is 82.2 cm³/mol. The Bertz CT molecular complexity index is 632. The molecule has 0 spiro atoms. The second kappa shape index (κ2) is 6.21. The van der Waals surface area contributed by atoms with Gasteiger partial charge in [0.25, 0.3) is 0 Å². The summed E-state index contributed by atoms with van der Waals surface area (Å²) in [6.07, 6.45) is 3.63. The molecule has 0 aliphatic heterocycles. The van der Waals surface area contributed by atoms with Crippen molar-refractivity contribution in [1.29, 1.82) is 5.26 Å². The molecule has 0 fully saturated rings. The van der Waals surface area contributed by atoms with Gasteiger partial charge in [-0.15, -0.1) is 0 Å². The van der Waals surface area contributed by atoms with Gasteiger partial charge in [-0.25, -0.2) is 4.98 Å². The first-order chi connectivity index (χ1) is 9.71. The lowest BCUT2D eigenvalue weighted by atomic mass is 10.0. The van der Waals surface area contributed by atoms with E-state index in [1.54, 1.807) is 6.20 Å². The Labute approximate surface area is 120 Å². The number of benzene rings is 1. The maximum absolute atomic E-state index is 9.30. The first kappa shape index (κ1) is 14.1. The monoisotopic (exact) mass is 265 g/mol. The largest absolute Gasteiger partial charge is 0.339 e. The maximum Gasteiger partial charge on any atom is 0.148 e. The van der Waals surface area contributed by atoms with E-state index in [9.17, 15) is 5.26 Å². The van der Waals surface area contributed by atoms with Crippen molar-refractivity contribution in [2.24, 2.45) is 0 Å². The molecular weight excluding hydrogens is 246 g/mol. The van der Waals surface area contributed by atoms with E-state index in [-0.39, 0.29) is 0 Å². The van der Waals surface area contributed by atoms with Gasteiger partial charge in [0, 0.05) is 11.9 Å². The van der Waals surface area contributed by atoms with Gasteiger partial charge in [-0.1, -0.05) is 32.0 Å². The van der Waals surface area contributed by atoms with Crippen LogP contribution in [0.15, 0.2) is 30.5 Å². The number of para-hydroxylation sites is 1. The highest BCUT2D eigenvalue weighted by molar-refractivity contribution is 5.69. The van der Waals surface area contributed by atoms with Crippen LogP contribution < -0.4 is 5.32 Å². The van der Waals surface area contributed by atoms with Crippen molar-refractivity contribution in [3.05, 3.63) is 52.7 Å². The molecule has 0 saturated carbocycles. The maximum atomic E-state index is 9.30. The van der Waals surface area contributed by atoms with Crippen molar-refractivity contribution < 1.29 is 0 Å². The Morgan fingerprint density at radius 3 is 2.35 bits per heavy atom. The van der Waals surface area contributed by atoms with Crippen LogP contribution in [-0.2, 0) is 12.8 Å². The van der Waals surface area contributed by atoms with E-state index in [2.05, 4.69) is 48.4 Å². The summed E-state index contributed by atoms with van der Waals surface area (Å²) in [5.74, 6) is 0.642. The van der Waals surface area contributed by atoms with Crippen molar-refractivity contribution in [1.82, 2.24) is 4.98 Å². The average molecular weight is 265 g/mol. The van der Waals surface area contributed by atoms with Gasteiger partial charge in [0.1, 0.15) is 11.9 Å². The zero-order valence-corrected chi connectivity index (χ0v) is 12.2. The van der Waals surface area contributed by atoms with E-state index in [0.29, 0.717) is 11.4 Å². The highest BCUT2D eigenvalue weighted by atomic mass is 15.0. The fourth-order valence-corrected chi connectivity index (χ4v) is 2.32. The van der Waals surface area contributed by atoms with Crippen LogP contribution in [0.1, 0.15) is 36.1 Å². The first-order valence-corrected chi connectivity index (χ1v) is 6.94. The Hall–Kier alpha value is -2.34. The molecule has 20 heavy (non-hydrogen) atoms. The second-order valence-corrected chi connectivity index (χ2v) is 4.75. The number of nitriles is 1. The molecule has 3 heteroatoms. The van der Waals surface area contributed by atoms with Crippen LogP contribution in [0.25, 0.3) is 0 Å². The third kappa shape index (κ3) is 2.65. The minimum Gasteiger partial charge on any atom is -0.339 e. The molecular formula is C17H19N3. The SMILES string of the molecule is CCc1cccc(CC)c1Nc1nccc(C)c1C#N. The number of pyridine rings is 1. The van der Waals surface area contributed by atoms with Crippen LogP contribution in [0.5, 0.6) is 0 Å². The van der Waals surface area contributed by atoms with Gasteiger partial charge in [-0.2, -0.15) is 5.26 Å². The van der Waals surface area contributed by atoms with Crippen molar-refractivity contribution >= 4 is 11.5 Å². The molecule has 3 nitrogen and oxygen atoms in total. The second-order valence-electron chi connectivity index (χ2n) is 4.75. The number of aromatic nitrogens is 1. The highest BCUT2D eigenvalue weighted by Crippen LogP contribution is 2.27. The van der Waals surface area contributed by atoms with Crippen LogP contribution in [0.3, 0.4) is 0 Å². The van der Waals surface area contributed by atoms with Gasteiger partial charge in [0.05, 0.1) is 5.56 Å². The molecule has 1 aromatic carbocycles. The van der Waals surface area contributed by atoms with E-state index in [4.69, 9.17) is 0 Å². The minimum absolute atomic E-state index is 0.612. The summed E-state index contributed by atoms with van der Waals surface area (Å²) in [6.45, 7) is 6.20. The number of nitrogens with zero attached hydrogens (tertiary/aromatic N) is 2. The number of rotatable bonds is 4. The van der Waals surface area contributed by atoms with Gasteiger partial charge < -0.3 is 5.32 Å². The zero-order valence-electron chi connectivity index (χ0n) is 12.2. The first-order valence-electron chi connectivity index (χ1n) is 6.94. The summed E-state index contributed by atoms with van der Waals surface area (Å²) in [5, 5.41) is 12.7. The average Bonchev–Trinajstić information content (AvgIpc) is 2.47. The molecule has 0 amide bonds. The normalized spacial score (nSPS) is 10.1. The fraction of sp³-hybridized carbons (Fsp3) is 0.294.